The van der Waals surface area contributed by atoms with Gasteiger partial charge in [0.1, 0.15) is 23.7 Å². The highest BCUT2D eigenvalue weighted by molar-refractivity contribution is 5.21. The Morgan fingerprint density at radius 1 is 1.28 bits per heavy atom. The van der Waals surface area contributed by atoms with E-state index in [1.807, 2.05) is 30.3 Å². The van der Waals surface area contributed by atoms with Crippen molar-refractivity contribution >= 4 is 0 Å². The van der Waals surface area contributed by atoms with Crippen molar-refractivity contribution in [3.05, 3.63) is 41.7 Å². The van der Waals surface area contributed by atoms with E-state index in [0.717, 1.165) is 11.4 Å². The van der Waals surface area contributed by atoms with Crippen LogP contribution in [0.15, 0.2) is 30.3 Å². The number of para-hydroxylation sites is 1. The SMILES string of the molecule is NCc1nnn(CCO)c1COc1ccccc1. The van der Waals surface area contributed by atoms with Gasteiger partial charge in [-0.15, -0.1) is 5.10 Å². The summed E-state index contributed by atoms with van der Waals surface area (Å²) in [6, 6.07) is 9.49. The van der Waals surface area contributed by atoms with Gasteiger partial charge in [0.05, 0.1) is 13.2 Å². The third-order valence-corrected chi connectivity index (χ3v) is 2.54. The fraction of sp³-hybridized carbons (Fsp3) is 0.333. The highest BCUT2D eigenvalue weighted by Crippen LogP contribution is 2.13. The number of aliphatic hydroxyl groups excluding tert-OH is 1. The molecule has 0 aliphatic heterocycles. The first-order valence-electron chi connectivity index (χ1n) is 5.75. The number of aromatic nitrogens is 3. The summed E-state index contributed by atoms with van der Waals surface area (Å²) >= 11 is 0. The largest absolute Gasteiger partial charge is 0.487 e. The van der Waals surface area contributed by atoms with E-state index in [4.69, 9.17) is 15.6 Å². The van der Waals surface area contributed by atoms with Gasteiger partial charge < -0.3 is 15.6 Å². The molecule has 6 heteroatoms. The fourth-order valence-corrected chi connectivity index (χ4v) is 1.63. The molecule has 18 heavy (non-hydrogen) atoms. The summed E-state index contributed by atoms with van der Waals surface area (Å²) in [5.41, 5.74) is 7.09. The number of hydrogen-bond acceptors (Lipinski definition) is 5. The van der Waals surface area contributed by atoms with Crippen molar-refractivity contribution in [2.75, 3.05) is 6.61 Å². The van der Waals surface area contributed by atoms with Gasteiger partial charge in [0, 0.05) is 6.54 Å². The lowest BCUT2D eigenvalue weighted by molar-refractivity contribution is 0.251. The molecule has 0 aliphatic carbocycles. The summed E-state index contributed by atoms with van der Waals surface area (Å²) in [6.45, 7) is 1.04. The van der Waals surface area contributed by atoms with E-state index in [0.29, 0.717) is 25.4 Å². The summed E-state index contributed by atoms with van der Waals surface area (Å²) in [6.07, 6.45) is 0. The molecule has 6 nitrogen and oxygen atoms in total. The van der Waals surface area contributed by atoms with Gasteiger partial charge in [-0.1, -0.05) is 23.4 Å². The molecule has 0 saturated heterocycles. The number of rotatable bonds is 6. The average molecular weight is 248 g/mol. The first kappa shape index (κ1) is 12.5. The molecule has 1 aromatic heterocycles. The highest BCUT2D eigenvalue weighted by atomic mass is 16.5. The topological polar surface area (TPSA) is 86.2 Å². The van der Waals surface area contributed by atoms with E-state index >= 15 is 0 Å². The minimum Gasteiger partial charge on any atom is -0.487 e. The van der Waals surface area contributed by atoms with Gasteiger partial charge in [-0.3, -0.25) is 0 Å². The number of nitrogens with two attached hydrogens (primary N) is 1. The lowest BCUT2D eigenvalue weighted by Crippen LogP contribution is -2.12. The first-order chi connectivity index (χ1) is 8.85. The minimum absolute atomic E-state index is 0.00566. The lowest BCUT2D eigenvalue weighted by atomic mass is 10.3. The second-order valence-electron chi connectivity index (χ2n) is 3.74. The van der Waals surface area contributed by atoms with Gasteiger partial charge in [-0.05, 0) is 12.1 Å². The predicted molar refractivity (Wildman–Crippen MR) is 65.8 cm³/mol. The van der Waals surface area contributed by atoms with Crippen LogP contribution < -0.4 is 10.5 Å². The summed E-state index contributed by atoms with van der Waals surface area (Å²) < 4.78 is 7.26. The van der Waals surface area contributed by atoms with Crippen LogP contribution in [0.4, 0.5) is 0 Å². The maximum absolute atomic E-state index is 8.95. The second-order valence-corrected chi connectivity index (χ2v) is 3.74. The van der Waals surface area contributed by atoms with Gasteiger partial charge in [-0.25, -0.2) is 4.68 Å². The summed E-state index contributed by atoms with van der Waals surface area (Å²) in [5.74, 6) is 0.775. The second kappa shape index (κ2) is 6.13. The first-order valence-corrected chi connectivity index (χ1v) is 5.75. The molecule has 0 aliphatic rings. The van der Waals surface area contributed by atoms with Crippen LogP contribution in [0.25, 0.3) is 0 Å². The maximum Gasteiger partial charge on any atom is 0.132 e. The van der Waals surface area contributed by atoms with Gasteiger partial charge in [0.2, 0.25) is 0 Å². The molecule has 2 rings (SSSR count). The van der Waals surface area contributed by atoms with Crippen molar-refractivity contribution in [3.63, 3.8) is 0 Å². The molecule has 96 valence electrons. The Morgan fingerprint density at radius 3 is 2.72 bits per heavy atom. The van der Waals surface area contributed by atoms with Crippen molar-refractivity contribution in [2.24, 2.45) is 5.73 Å². The van der Waals surface area contributed by atoms with E-state index < -0.39 is 0 Å². The van der Waals surface area contributed by atoms with E-state index in [2.05, 4.69) is 10.3 Å². The van der Waals surface area contributed by atoms with Gasteiger partial charge in [-0.2, -0.15) is 0 Å². The molecule has 1 heterocycles. The van der Waals surface area contributed by atoms with Gasteiger partial charge >= 0.3 is 0 Å². The number of benzene rings is 1. The van der Waals surface area contributed by atoms with Crippen LogP contribution in [0.5, 0.6) is 5.75 Å². The number of aliphatic hydroxyl groups is 1. The third kappa shape index (κ3) is 2.85. The van der Waals surface area contributed by atoms with Crippen molar-refractivity contribution in [3.8, 4) is 5.75 Å². The van der Waals surface area contributed by atoms with E-state index in [-0.39, 0.29) is 6.61 Å². The van der Waals surface area contributed by atoms with Crippen LogP contribution in [0.2, 0.25) is 0 Å². The Morgan fingerprint density at radius 2 is 2.06 bits per heavy atom. The number of hydrogen-bond donors (Lipinski definition) is 2. The van der Waals surface area contributed by atoms with Crippen LogP contribution in [-0.4, -0.2) is 26.7 Å². The zero-order valence-electron chi connectivity index (χ0n) is 9.99. The lowest BCUT2D eigenvalue weighted by Gasteiger charge is -2.08. The molecule has 0 unspecified atom stereocenters. The zero-order valence-corrected chi connectivity index (χ0v) is 9.99. The van der Waals surface area contributed by atoms with Crippen LogP contribution in [0, 0.1) is 0 Å². The normalized spacial score (nSPS) is 10.6. The molecule has 0 spiro atoms. The summed E-state index contributed by atoms with van der Waals surface area (Å²) in [4.78, 5) is 0. The predicted octanol–water partition coefficient (Wildman–Crippen LogP) is 0.308. The third-order valence-electron chi connectivity index (χ3n) is 2.54. The van der Waals surface area contributed by atoms with E-state index in [1.54, 1.807) is 4.68 Å². The van der Waals surface area contributed by atoms with Crippen LogP contribution in [-0.2, 0) is 19.7 Å². The number of ether oxygens (including phenoxy) is 1. The Labute approximate surface area is 105 Å². The molecule has 0 fully saturated rings. The van der Waals surface area contributed by atoms with Gasteiger partial charge in [0.25, 0.3) is 0 Å². The molecular weight excluding hydrogens is 232 g/mol. The van der Waals surface area contributed by atoms with E-state index in [9.17, 15) is 0 Å². The zero-order chi connectivity index (χ0) is 12.8. The molecule has 0 amide bonds. The van der Waals surface area contributed by atoms with Crippen LogP contribution >= 0.6 is 0 Å². The molecule has 0 saturated carbocycles. The highest BCUT2D eigenvalue weighted by Gasteiger charge is 2.11. The smallest absolute Gasteiger partial charge is 0.132 e. The fourth-order valence-electron chi connectivity index (χ4n) is 1.63. The molecule has 2 aromatic rings. The monoisotopic (exact) mass is 248 g/mol. The quantitative estimate of drug-likeness (QED) is 0.768. The molecule has 0 atom stereocenters. The molecule has 0 radical (unpaired) electrons. The molecule has 3 N–H and O–H groups in total. The Hall–Kier alpha value is -1.92. The average Bonchev–Trinajstić information content (AvgIpc) is 2.80. The summed E-state index contributed by atoms with van der Waals surface area (Å²) in [5, 5.41) is 16.8. The van der Waals surface area contributed by atoms with Crippen molar-refractivity contribution in [2.45, 2.75) is 19.7 Å². The minimum atomic E-state index is 0.00566. The Kier molecular flexibility index (Phi) is 4.27. The Bertz CT molecular complexity index is 484. The number of nitrogens with zero attached hydrogens (tertiary/aromatic N) is 3. The van der Waals surface area contributed by atoms with Crippen molar-refractivity contribution in [1.29, 1.82) is 0 Å². The molecule has 0 bridgehead atoms. The van der Waals surface area contributed by atoms with Crippen molar-refractivity contribution < 1.29 is 9.84 Å². The van der Waals surface area contributed by atoms with E-state index in [1.165, 1.54) is 0 Å². The van der Waals surface area contributed by atoms with Crippen LogP contribution in [0.1, 0.15) is 11.4 Å². The Balaban J connectivity index is 2.10. The van der Waals surface area contributed by atoms with Gasteiger partial charge in [0.15, 0.2) is 0 Å². The maximum atomic E-state index is 8.95. The van der Waals surface area contributed by atoms with Crippen LogP contribution in [0.3, 0.4) is 0 Å². The standard InChI is InChI=1S/C12H16N4O2/c13-8-11-12(16(6-7-17)15-14-11)9-18-10-4-2-1-3-5-10/h1-5,17H,6-9,13H2. The molecular formula is C12H16N4O2. The van der Waals surface area contributed by atoms with Crippen molar-refractivity contribution in [1.82, 2.24) is 15.0 Å². The molecule has 1 aromatic carbocycles. The summed E-state index contributed by atoms with van der Waals surface area (Å²) in [7, 11) is 0.